The van der Waals surface area contributed by atoms with Gasteiger partial charge in [-0.3, -0.25) is 0 Å². The standard InChI is InChI=1S/C11H15N3O/c1-7-13-11(15-14-7)6-12-10-5-8-3-2-4-9(8)10/h2,4,8-10,12H,3,5-6H2,1H3. The molecule has 1 saturated carbocycles. The molecular formula is C11H15N3O. The van der Waals surface area contributed by atoms with Gasteiger partial charge < -0.3 is 9.84 Å². The lowest BCUT2D eigenvalue weighted by Crippen LogP contribution is -2.47. The molecule has 3 rings (SSSR count). The Labute approximate surface area is 88.7 Å². The molecule has 1 fully saturated rings. The molecule has 4 nitrogen and oxygen atoms in total. The molecule has 1 aromatic rings. The zero-order valence-electron chi connectivity index (χ0n) is 8.81. The third kappa shape index (κ3) is 1.59. The van der Waals surface area contributed by atoms with Crippen LogP contribution in [0.3, 0.4) is 0 Å². The maximum Gasteiger partial charge on any atom is 0.240 e. The van der Waals surface area contributed by atoms with Gasteiger partial charge in [0.2, 0.25) is 5.89 Å². The second-order valence-corrected chi connectivity index (χ2v) is 4.46. The molecule has 2 aliphatic carbocycles. The molecule has 0 spiro atoms. The highest BCUT2D eigenvalue weighted by Gasteiger charge is 2.40. The quantitative estimate of drug-likeness (QED) is 0.758. The molecule has 3 unspecified atom stereocenters. The van der Waals surface area contributed by atoms with E-state index in [9.17, 15) is 0 Å². The summed E-state index contributed by atoms with van der Waals surface area (Å²) in [6.45, 7) is 2.54. The van der Waals surface area contributed by atoms with E-state index in [-0.39, 0.29) is 0 Å². The average Bonchev–Trinajstić information content (AvgIpc) is 2.75. The van der Waals surface area contributed by atoms with Gasteiger partial charge in [0.05, 0.1) is 6.54 Å². The number of aryl methyl sites for hydroxylation is 1. The Morgan fingerprint density at radius 2 is 2.53 bits per heavy atom. The summed E-state index contributed by atoms with van der Waals surface area (Å²) >= 11 is 0. The van der Waals surface area contributed by atoms with Crippen LogP contribution in [0.5, 0.6) is 0 Å². The Morgan fingerprint density at radius 1 is 1.60 bits per heavy atom. The van der Waals surface area contributed by atoms with Crippen LogP contribution in [0.15, 0.2) is 16.7 Å². The summed E-state index contributed by atoms with van der Waals surface area (Å²) in [5.74, 6) is 3.04. The van der Waals surface area contributed by atoms with Crippen LogP contribution in [0.4, 0.5) is 0 Å². The minimum atomic E-state index is 0.612. The predicted molar refractivity (Wildman–Crippen MR) is 55.0 cm³/mol. The van der Waals surface area contributed by atoms with E-state index in [1.807, 2.05) is 6.92 Å². The lowest BCUT2D eigenvalue weighted by molar-refractivity contribution is 0.157. The summed E-state index contributed by atoms with van der Waals surface area (Å²) in [4.78, 5) is 4.17. The van der Waals surface area contributed by atoms with E-state index in [0.29, 0.717) is 24.3 Å². The van der Waals surface area contributed by atoms with Gasteiger partial charge in [0.15, 0.2) is 5.82 Å². The Kier molecular flexibility index (Phi) is 2.09. The van der Waals surface area contributed by atoms with Crippen molar-refractivity contribution in [3.05, 3.63) is 23.9 Å². The first-order valence-corrected chi connectivity index (χ1v) is 5.52. The first-order valence-electron chi connectivity index (χ1n) is 5.52. The molecule has 0 radical (unpaired) electrons. The fourth-order valence-corrected chi connectivity index (χ4v) is 2.58. The maximum atomic E-state index is 5.05. The zero-order valence-corrected chi connectivity index (χ0v) is 8.81. The fourth-order valence-electron chi connectivity index (χ4n) is 2.58. The van der Waals surface area contributed by atoms with Gasteiger partial charge in [-0.2, -0.15) is 4.98 Å². The fraction of sp³-hybridized carbons (Fsp3) is 0.636. The smallest absolute Gasteiger partial charge is 0.240 e. The lowest BCUT2D eigenvalue weighted by Gasteiger charge is -2.40. The van der Waals surface area contributed by atoms with E-state index in [2.05, 4.69) is 27.6 Å². The van der Waals surface area contributed by atoms with Gasteiger partial charge in [0.25, 0.3) is 0 Å². The number of aromatic nitrogens is 2. The SMILES string of the molecule is Cc1noc(CNC2CC3CC=CC32)n1. The molecule has 1 heterocycles. The van der Waals surface area contributed by atoms with Gasteiger partial charge in [-0.1, -0.05) is 17.3 Å². The molecular weight excluding hydrogens is 190 g/mol. The highest BCUT2D eigenvalue weighted by atomic mass is 16.5. The van der Waals surface area contributed by atoms with Crippen LogP contribution < -0.4 is 5.32 Å². The highest BCUT2D eigenvalue weighted by Crippen LogP contribution is 2.42. The molecule has 80 valence electrons. The number of allylic oxidation sites excluding steroid dienone is 1. The highest BCUT2D eigenvalue weighted by molar-refractivity contribution is 5.12. The van der Waals surface area contributed by atoms with E-state index in [1.54, 1.807) is 0 Å². The molecule has 1 N–H and O–H groups in total. The van der Waals surface area contributed by atoms with Crippen LogP contribution in [0.2, 0.25) is 0 Å². The summed E-state index contributed by atoms with van der Waals surface area (Å²) in [6.07, 6.45) is 7.19. The van der Waals surface area contributed by atoms with E-state index in [4.69, 9.17) is 4.52 Å². The second kappa shape index (κ2) is 3.45. The largest absolute Gasteiger partial charge is 0.338 e. The summed E-state index contributed by atoms with van der Waals surface area (Å²) in [5, 5.41) is 7.24. The molecule has 2 aliphatic rings. The van der Waals surface area contributed by atoms with Crippen molar-refractivity contribution < 1.29 is 4.52 Å². The van der Waals surface area contributed by atoms with Gasteiger partial charge in [0.1, 0.15) is 0 Å². The average molecular weight is 205 g/mol. The van der Waals surface area contributed by atoms with Gasteiger partial charge in [-0.05, 0) is 31.6 Å². The number of rotatable bonds is 3. The van der Waals surface area contributed by atoms with E-state index < -0.39 is 0 Å². The Hall–Kier alpha value is -1.16. The van der Waals surface area contributed by atoms with E-state index in [0.717, 1.165) is 11.8 Å². The predicted octanol–water partition coefficient (Wildman–Crippen LogP) is 1.43. The molecule has 0 bridgehead atoms. The number of hydrogen-bond acceptors (Lipinski definition) is 4. The molecule has 0 aliphatic heterocycles. The van der Waals surface area contributed by atoms with Gasteiger partial charge in [-0.25, -0.2) is 0 Å². The molecule has 1 aromatic heterocycles. The van der Waals surface area contributed by atoms with Crippen molar-refractivity contribution in [2.24, 2.45) is 11.8 Å². The Morgan fingerprint density at radius 3 is 3.27 bits per heavy atom. The van der Waals surface area contributed by atoms with E-state index >= 15 is 0 Å². The first kappa shape index (κ1) is 9.09. The third-order valence-electron chi connectivity index (χ3n) is 3.45. The number of fused-ring (bicyclic) bond motifs is 1. The minimum absolute atomic E-state index is 0.612. The maximum absolute atomic E-state index is 5.05. The summed E-state index contributed by atoms with van der Waals surface area (Å²) in [5.41, 5.74) is 0. The normalized spacial score (nSPS) is 32.7. The van der Waals surface area contributed by atoms with Crippen LogP contribution in [0.25, 0.3) is 0 Å². The molecule has 0 aromatic carbocycles. The lowest BCUT2D eigenvalue weighted by atomic mass is 9.71. The molecule has 3 atom stereocenters. The van der Waals surface area contributed by atoms with Crippen molar-refractivity contribution in [3.63, 3.8) is 0 Å². The topological polar surface area (TPSA) is 51.0 Å². The second-order valence-electron chi connectivity index (χ2n) is 4.46. The molecule has 15 heavy (non-hydrogen) atoms. The van der Waals surface area contributed by atoms with Crippen molar-refractivity contribution in [3.8, 4) is 0 Å². The summed E-state index contributed by atoms with van der Waals surface area (Å²) in [6, 6.07) is 0.612. The van der Waals surface area contributed by atoms with Crippen molar-refractivity contribution in [2.45, 2.75) is 32.4 Å². The summed E-state index contributed by atoms with van der Waals surface area (Å²) < 4.78 is 5.05. The first-order chi connectivity index (χ1) is 7.33. The number of nitrogens with one attached hydrogen (secondary N) is 1. The van der Waals surface area contributed by atoms with Gasteiger partial charge in [-0.15, -0.1) is 0 Å². The number of hydrogen-bond donors (Lipinski definition) is 1. The van der Waals surface area contributed by atoms with Crippen molar-refractivity contribution in [1.82, 2.24) is 15.5 Å². The summed E-state index contributed by atoms with van der Waals surface area (Å²) in [7, 11) is 0. The van der Waals surface area contributed by atoms with Crippen LogP contribution in [-0.2, 0) is 6.54 Å². The van der Waals surface area contributed by atoms with Crippen LogP contribution in [-0.4, -0.2) is 16.2 Å². The Balaban J connectivity index is 1.53. The minimum Gasteiger partial charge on any atom is -0.338 e. The third-order valence-corrected chi connectivity index (χ3v) is 3.45. The van der Waals surface area contributed by atoms with Crippen LogP contribution in [0.1, 0.15) is 24.6 Å². The molecule has 0 saturated heterocycles. The van der Waals surface area contributed by atoms with Crippen molar-refractivity contribution in [1.29, 1.82) is 0 Å². The molecule has 0 amide bonds. The zero-order chi connectivity index (χ0) is 10.3. The van der Waals surface area contributed by atoms with Crippen LogP contribution in [0, 0.1) is 18.8 Å². The van der Waals surface area contributed by atoms with Crippen LogP contribution >= 0.6 is 0 Å². The van der Waals surface area contributed by atoms with Crippen molar-refractivity contribution in [2.75, 3.05) is 0 Å². The molecule has 4 heteroatoms. The van der Waals surface area contributed by atoms with Crippen molar-refractivity contribution >= 4 is 0 Å². The van der Waals surface area contributed by atoms with Gasteiger partial charge in [0, 0.05) is 6.04 Å². The monoisotopic (exact) mass is 205 g/mol. The van der Waals surface area contributed by atoms with Gasteiger partial charge >= 0.3 is 0 Å². The number of nitrogens with zero attached hydrogens (tertiary/aromatic N) is 2. The van der Waals surface area contributed by atoms with E-state index in [1.165, 1.54) is 12.8 Å². The Bertz CT molecular complexity index is 385.